The summed E-state index contributed by atoms with van der Waals surface area (Å²) in [6.07, 6.45) is 0. The molecule has 0 spiro atoms. The van der Waals surface area contributed by atoms with E-state index in [2.05, 4.69) is 10.3 Å². The van der Waals surface area contributed by atoms with Crippen molar-refractivity contribution >= 4 is 49.7 Å². The zero-order chi connectivity index (χ0) is 22.7. The Bertz CT molecular complexity index is 1360. The van der Waals surface area contributed by atoms with Crippen molar-refractivity contribution in [1.82, 2.24) is 4.98 Å². The zero-order valence-electron chi connectivity index (χ0n) is 16.9. The zero-order valence-corrected chi connectivity index (χ0v) is 19.3. The van der Waals surface area contributed by atoms with Gasteiger partial charge in [0.05, 0.1) is 16.4 Å². The van der Waals surface area contributed by atoms with Crippen LogP contribution in [-0.2, 0) is 10.0 Å². The van der Waals surface area contributed by atoms with Crippen molar-refractivity contribution in [2.45, 2.75) is 4.90 Å². The predicted octanol–water partition coefficient (Wildman–Crippen LogP) is 5.54. The lowest BCUT2D eigenvalue weighted by Crippen LogP contribution is -2.27. The van der Waals surface area contributed by atoms with Gasteiger partial charge in [-0.15, -0.1) is 11.3 Å². The maximum atomic E-state index is 13.1. The van der Waals surface area contributed by atoms with E-state index >= 15 is 0 Å². The van der Waals surface area contributed by atoms with E-state index in [0.29, 0.717) is 10.8 Å². The topological polar surface area (TPSA) is 79.4 Å². The number of carbonyl (C=O) groups is 1. The Hall–Kier alpha value is -3.20. The quantitative estimate of drug-likeness (QED) is 0.390. The van der Waals surface area contributed by atoms with Gasteiger partial charge in [-0.3, -0.25) is 14.4 Å². The van der Waals surface area contributed by atoms with Gasteiger partial charge in [0.1, 0.15) is 4.90 Å². The van der Waals surface area contributed by atoms with Gasteiger partial charge in [0.2, 0.25) is 0 Å². The van der Waals surface area contributed by atoms with Gasteiger partial charge in [0, 0.05) is 23.6 Å². The number of para-hydroxylation sites is 1. The molecule has 1 N–H and O–H groups in total. The summed E-state index contributed by atoms with van der Waals surface area (Å²) >= 11 is 7.49. The molecule has 4 aromatic rings. The van der Waals surface area contributed by atoms with Crippen LogP contribution in [0.1, 0.15) is 10.4 Å². The van der Waals surface area contributed by atoms with Crippen molar-refractivity contribution in [3.8, 4) is 11.3 Å². The molecule has 4 rings (SSSR count). The van der Waals surface area contributed by atoms with Gasteiger partial charge < -0.3 is 0 Å². The number of amides is 1. The van der Waals surface area contributed by atoms with Crippen LogP contribution in [-0.4, -0.2) is 26.4 Å². The number of halogens is 1. The number of aromatic nitrogens is 1. The Morgan fingerprint density at radius 2 is 1.66 bits per heavy atom. The first-order valence-electron chi connectivity index (χ1n) is 9.52. The van der Waals surface area contributed by atoms with Crippen molar-refractivity contribution in [2.24, 2.45) is 0 Å². The molecule has 1 heterocycles. The maximum absolute atomic E-state index is 13.1. The molecule has 0 radical (unpaired) electrons. The van der Waals surface area contributed by atoms with Gasteiger partial charge in [-0.2, -0.15) is 0 Å². The fourth-order valence-electron chi connectivity index (χ4n) is 3.01. The fourth-order valence-corrected chi connectivity index (χ4v) is 5.42. The Labute approximate surface area is 195 Å². The number of sulfonamides is 1. The summed E-state index contributed by atoms with van der Waals surface area (Å²) in [7, 11) is -2.54. The highest BCUT2D eigenvalue weighted by Crippen LogP contribution is 2.29. The number of hydrogen-bond donors (Lipinski definition) is 1. The second-order valence-electron chi connectivity index (χ2n) is 6.81. The largest absolute Gasteiger partial charge is 0.298 e. The van der Waals surface area contributed by atoms with E-state index in [9.17, 15) is 13.2 Å². The molecule has 1 aromatic heterocycles. The SMILES string of the molecule is CN(c1ccccc1)S(=O)(=O)c1cc(C(=O)Nc2nc(-c3ccccc3)cs2)ccc1Cl. The third-order valence-corrected chi connectivity index (χ3v) is 7.77. The molecule has 0 saturated carbocycles. The minimum atomic E-state index is -3.98. The summed E-state index contributed by atoms with van der Waals surface area (Å²) in [6, 6.07) is 22.4. The first-order chi connectivity index (χ1) is 15.4. The molecular formula is C23H18ClN3O3S2. The van der Waals surface area contributed by atoms with Crippen molar-refractivity contribution in [3.63, 3.8) is 0 Å². The Balaban J connectivity index is 1.59. The molecule has 0 fully saturated rings. The molecule has 0 atom stereocenters. The molecule has 0 aliphatic heterocycles. The molecule has 9 heteroatoms. The van der Waals surface area contributed by atoms with E-state index in [-0.39, 0.29) is 15.5 Å². The van der Waals surface area contributed by atoms with Crippen LogP contribution in [0.2, 0.25) is 5.02 Å². The fraction of sp³-hybridized carbons (Fsp3) is 0.0435. The van der Waals surface area contributed by atoms with Gasteiger partial charge in [-0.1, -0.05) is 60.1 Å². The van der Waals surface area contributed by atoms with Crippen LogP contribution < -0.4 is 9.62 Å². The average molecular weight is 484 g/mol. The van der Waals surface area contributed by atoms with Crippen LogP contribution in [0.4, 0.5) is 10.8 Å². The summed E-state index contributed by atoms with van der Waals surface area (Å²) in [6.45, 7) is 0. The number of benzene rings is 3. The second-order valence-corrected chi connectivity index (χ2v) is 10.0. The van der Waals surface area contributed by atoms with Crippen LogP contribution in [0.3, 0.4) is 0 Å². The average Bonchev–Trinajstić information content (AvgIpc) is 3.28. The number of nitrogens with one attached hydrogen (secondary N) is 1. The standard InChI is InChI=1S/C23H18ClN3O3S2/c1-27(18-10-6-3-7-11-18)32(29,30)21-14-17(12-13-19(21)24)22(28)26-23-25-20(15-31-23)16-8-4-2-5-9-16/h2-15H,1H3,(H,25,26,28). The molecule has 6 nitrogen and oxygen atoms in total. The Morgan fingerprint density at radius 3 is 2.34 bits per heavy atom. The smallest absolute Gasteiger partial charge is 0.265 e. The highest BCUT2D eigenvalue weighted by Gasteiger charge is 2.25. The Kier molecular flexibility index (Phi) is 6.27. The summed E-state index contributed by atoms with van der Waals surface area (Å²) < 4.78 is 27.4. The molecule has 3 aromatic carbocycles. The van der Waals surface area contributed by atoms with Gasteiger partial charge >= 0.3 is 0 Å². The maximum Gasteiger partial charge on any atom is 0.265 e. The number of nitrogens with zero attached hydrogens (tertiary/aromatic N) is 2. The molecule has 0 bridgehead atoms. The van der Waals surface area contributed by atoms with E-state index in [1.165, 1.54) is 36.6 Å². The van der Waals surface area contributed by atoms with Crippen molar-refractivity contribution in [1.29, 1.82) is 0 Å². The van der Waals surface area contributed by atoms with E-state index in [4.69, 9.17) is 11.6 Å². The predicted molar refractivity (Wildman–Crippen MR) is 129 cm³/mol. The lowest BCUT2D eigenvalue weighted by Gasteiger charge is -2.20. The third-order valence-electron chi connectivity index (χ3n) is 4.75. The molecule has 0 aliphatic carbocycles. The number of anilines is 2. The monoisotopic (exact) mass is 483 g/mol. The van der Waals surface area contributed by atoms with Crippen molar-refractivity contribution in [3.05, 3.63) is 94.8 Å². The lowest BCUT2D eigenvalue weighted by molar-refractivity contribution is 0.102. The van der Waals surface area contributed by atoms with Gasteiger partial charge in [0.15, 0.2) is 5.13 Å². The van der Waals surface area contributed by atoms with Gasteiger partial charge in [0.25, 0.3) is 15.9 Å². The van der Waals surface area contributed by atoms with Crippen LogP contribution >= 0.6 is 22.9 Å². The molecular weight excluding hydrogens is 466 g/mol. The molecule has 0 unspecified atom stereocenters. The molecule has 0 aliphatic rings. The van der Waals surface area contributed by atoms with E-state index in [1.807, 2.05) is 35.7 Å². The van der Waals surface area contributed by atoms with Gasteiger partial charge in [-0.25, -0.2) is 13.4 Å². The highest BCUT2D eigenvalue weighted by molar-refractivity contribution is 7.93. The van der Waals surface area contributed by atoms with Crippen LogP contribution in [0.5, 0.6) is 0 Å². The van der Waals surface area contributed by atoms with E-state index < -0.39 is 15.9 Å². The molecule has 162 valence electrons. The summed E-state index contributed by atoms with van der Waals surface area (Å²) in [4.78, 5) is 17.1. The molecule has 1 amide bonds. The summed E-state index contributed by atoms with van der Waals surface area (Å²) in [5.41, 5.74) is 2.32. The number of rotatable bonds is 6. The number of carbonyl (C=O) groups excluding carboxylic acids is 1. The van der Waals surface area contributed by atoms with Crippen LogP contribution in [0, 0.1) is 0 Å². The molecule has 0 saturated heterocycles. The first-order valence-corrected chi connectivity index (χ1v) is 12.2. The number of thiazole rings is 1. The Morgan fingerprint density at radius 1 is 1.00 bits per heavy atom. The molecule has 32 heavy (non-hydrogen) atoms. The number of hydrogen-bond acceptors (Lipinski definition) is 5. The van der Waals surface area contributed by atoms with Gasteiger partial charge in [-0.05, 0) is 30.3 Å². The van der Waals surface area contributed by atoms with Crippen LogP contribution in [0.15, 0.2) is 89.1 Å². The first kappa shape index (κ1) is 22.0. The van der Waals surface area contributed by atoms with E-state index in [1.54, 1.807) is 30.3 Å². The highest BCUT2D eigenvalue weighted by atomic mass is 35.5. The lowest BCUT2D eigenvalue weighted by atomic mass is 10.2. The van der Waals surface area contributed by atoms with Crippen molar-refractivity contribution in [2.75, 3.05) is 16.7 Å². The van der Waals surface area contributed by atoms with Crippen molar-refractivity contribution < 1.29 is 13.2 Å². The van der Waals surface area contributed by atoms with Crippen LogP contribution in [0.25, 0.3) is 11.3 Å². The minimum absolute atomic E-state index is 0.0324. The summed E-state index contributed by atoms with van der Waals surface area (Å²) in [5, 5.41) is 5.01. The second kappa shape index (κ2) is 9.12. The minimum Gasteiger partial charge on any atom is -0.298 e. The third kappa shape index (κ3) is 4.52. The normalized spacial score (nSPS) is 11.2. The summed E-state index contributed by atoms with van der Waals surface area (Å²) in [5.74, 6) is -0.477. The van der Waals surface area contributed by atoms with E-state index in [0.717, 1.165) is 15.6 Å².